The van der Waals surface area contributed by atoms with Crippen LogP contribution in [0.1, 0.15) is 45.2 Å². The van der Waals surface area contributed by atoms with E-state index in [1.54, 1.807) is 25.3 Å². The zero-order valence-corrected chi connectivity index (χ0v) is 18.6. The van der Waals surface area contributed by atoms with Crippen molar-refractivity contribution in [2.45, 2.75) is 39.7 Å². The number of anilines is 1. The molecule has 0 spiro atoms. The van der Waals surface area contributed by atoms with E-state index in [1.807, 2.05) is 30.3 Å². The van der Waals surface area contributed by atoms with E-state index < -0.39 is 18.0 Å². The maximum Gasteiger partial charge on any atom is 0.319 e. The first-order chi connectivity index (χ1) is 14.9. The smallest absolute Gasteiger partial charge is 0.319 e. The van der Waals surface area contributed by atoms with Gasteiger partial charge in [0.15, 0.2) is 11.5 Å². The number of ether oxygens (including phenoxy) is 3. The summed E-state index contributed by atoms with van der Waals surface area (Å²) < 4.78 is 16.3. The molecule has 2 amide bonds. The van der Waals surface area contributed by atoms with Crippen molar-refractivity contribution in [2.24, 2.45) is 5.92 Å². The van der Waals surface area contributed by atoms with Crippen LogP contribution in [0.4, 0.5) is 10.5 Å². The second-order valence-electron chi connectivity index (χ2n) is 7.61. The van der Waals surface area contributed by atoms with Crippen molar-refractivity contribution < 1.29 is 23.8 Å². The van der Waals surface area contributed by atoms with Crippen LogP contribution in [-0.4, -0.2) is 32.3 Å². The number of carbonyl (C=O) groups is 2. The minimum absolute atomic E-state index is 0.0413. The molecule has 0 radical (unpaired) electrons. The van der Waals surface area contributed by atoms with E-state index in [9.17, 15) is 9.59 Å². The summed E-state index contributed by atoms with van der Waals surface area (Å²) in [6.07, 6.45) is 2.01. The molecule has 0 bridgehead atoms. The molecule has 0 aliphatic rings. The van der Waals surface area contributed by atoms with Crippen molar-refractivity contribution >= 4 is 17.7 Å². The van der Waals surface area contributed by atoms with Crippen molar-refractivity contribution in [3.8, 4) is 11.5 Å². The largest absolute Gasteiger partial charge is 0.493 e. The number of rotatable bonds is 11. The first-order valence-corrected chi connectivity index (χ1v) is 10.5. The maximum absolute atomic E-state index is 12.6. The Morgan fingerprint density at radius 3 is 2.42 bits per heavy atom. The Bertz CT molecular complexity index is 839. The summed E-state index contributed by atoms with van der Waals surface area (Å²) >= 11 is 0. The fourth-order valence-electron chi connectivity index (χ4n) is 2.97. The van der Waals surface area contributed by atoms with Gasteiger partial charge in [-0.15, -0.1) is 0 Å². The highest BCUT2D eigenvalue weighted by Crippen LogP contribution is 2.30. The molecule has 7 nitrogen and oxygen atoms in total. The lowest BCUT2D eigenvalue weighted by Gasteiger charge is -2.19. The molecule has 2 aromatic rings. The summed E-state index contributed by atoms with van der Waals surface area (Å²) in [6, 6.07) is 13.7. The Hall–Kier alpha value is -3.22. The average molecular weight is 429 g/mol. The van der Waals surface area contributed by atoms with Gasteiger partial charge in [-0.05, 0) is 36.5 Å². The lowest BCUT2D eigenvalue weighted by Crippen LogP contribution is -2.35. The predicted molar refractivity (Wildman–Crippen MR) is 121 cm³/mol. The predicted octanol–water partition coefficient (Wildman–Crippen LogP) is 4.94. The van der Waals surface area contributed by atoms with Crippen LogP contribution >= 0.6 is 0 Å². The zero-order valence-electron chi connectivity index (χ0n) is 18.6. The monoisotopic (exact) mass is 428 g/mol. The van der Waals surface area contributed by atoms with Gasteiger partial charge < -0.3 is 24.8 Å². The van der Waals surface area contributed by atoms with E-state index in [-0.39, 0.29) is 6.61 Å². The van der Waals surface area contributed by atoms with E-state index in [0.717, 1.165) is 18.4 Å². The molecule has 2 N–H and O–H groups in total. The quantitative estimate of drug-likeness (QED) is 0.391. The summed E-state index contributed by atoms with van der Waals surface area (Å²) in [5, 5.41) is 5.65. The number of nitrogens with one attached hydrogen (secondary N) is 2. The number of urea groups is 1. The number of carbonyl (C=O) groups excluding carboxylic acids is 2. The van der Waals surface area contributed by atoms with Gasteiger partial charge in [0.1, 0.15) is 6.61 Å². The SMILES string of the molecule is COc1ccc(NC(=O)N[C@@H](COC(C)=O)c2ccccc2)cc1OCCCC(C)C. The molecule has 31 heavy (non-hydrogen) atoms. The van der Waals surface area contributed by atoms with Crippen molar-refractivity contribution in [1.82, 2.24) is 5.32 Å². The highest BCUT2D eigenvalue weighted by Gasteiger charge is 2.17. The number of hydrogen-bond donors (Lipinski definition) is 2. The van der Waals surface area contributed by atoms with Gasteiger partial charge in [0, 0.05) is 18.7 Å². The van der Waals surface area contributed by atoms with Gasteiger partial charge in [-0.2, -0.15) is 0 Å². The molecule has 0 saturated carbocycles. The van der Waals surface area contributed by atoms with Crippen LogP contribution in [0.25, 0.3) is 0 Å². The highest BCUT2D eigenvalue weighted by atomic mass is 16.5. The number of hydrogen-bond acceptors (Lipinski definition) is 5. The third kappa shape index (κ3) is 8.58. The van der Waals surface area contributed by atoms with E-state index in [1.165, 1.54) is 6.92 Å². The summed E-state index contributed by atoms with van der Waals surface area (Å²) in [5.41, 5.74) is 1.40. The molecule has 0 aliphatic heterocycles. The molecule has 7 heteroatoms. The molecule has 0 aromatic heterocycles. The van der Waals surface area contributed by atoms with Gasteiger partial charge in [0.05, 0.1) is 19.8 Å². The van der Waals surface area contributed by atoms with Crippen LogP contribution in [0, 0.1) is 5.92 Å². The molecule has 0 heterocycles. The molecule has 0 aliphatic carbocycles. The van der Waals surface area contributed by atoms with Crippen LogP contribution in [-0.2, 0) is 9.53 Å². The van der Waals surface area contributed by atoms with E-state index >= 15 is 0 Å². The fourth-order valence-corrected chi connectivity index (χ4v) is 2.97. The van der Waals surface area contributed by atoms with Crippen LogP contribution in [0.5, 0.6) is 11.5 Å². The van der Waals surface area contributed by atoms with Crippen molar-refractivity contribution in [3.05, 3.63) is 54.1 Å². The van der Waals surface area contributed by atoms with Crippen molar-refractivity contribution in [1.29, 1.82) is 0 Å². The lowest BCUT2D eigenvalue weighted by molar-refractivity contribution is -0.141. The first-order valence-electron chi connectivity index (χ1n) is 10.5. The summed E-state index contributed by atoms with van der Waals surface area (Å²) in [5.74, 6) is 1.39. The second-order valence-corrected chi connectivity index (χ2v) is 7.61. The van der Waals surface area contributed by atoms with Crippen molar-refractivity contribution in [2.75, 3.05) is 25.6 Å². The van der Waals surface area contributed by atoms with Crippen LogP contribution in [0.3, 0.4) is 0 Å². The number of benzene rings is 2. The minimum atomic E-state index is -0.477. The Kier molecular flexibility index (Phi) is 9.68. The Morgan fingerprint density at radius 1 is 1.03 bits per heavy atom. The molecule has 1 atom stereocenters. The molecule has 0 unspecified atom stereocenters. The number of esters is 1. The van der Waals surface area contributed by atoms with Crippen molar-refractivity contribution in [3.63, 3.8) is 0 Å². The molecule has 0 fully saturated rings. The second kappa shape index (κ2) is 12.5. The Morgan fingerprint density at radius 2 is 1.77 bits per heavy atom. The van der Waals surface area contributed by atoms with Gasteiger partial charge >= 0.3 is 12.0 Å². The fraction of sp³-hybridized carbons (Fsp3) is 0.417. The summed E-state index contributed by atoms with van der Waals surface area (Å²) in [4.78, 5) is 23.8. The molecular formula is C24H32N2O5. The van der Waals surface area contributed by atoms with E-state index in [4.69, 9.17) is 14.2 Å². The van der Waals surface area contributed by atoms with Crippen LogP contribution < -0.4 is 20.1 Å². The molecule has 2 aromatic carbocycles. The Labute approximate surface area is 184 Å². The number of methoxy groups -OCH3 is 1. The topological polar surface area (TPSA) is 85.9 Å². The maximum atomic E-state index is 12.6. The molecule has 0 saturated heterocycles. The molecule has 2 rings (SSSR count). The van der Waals surface area contributed by atoms with Crippen LogP contribution in [0.2, 0.25) is 0 Å². The third-order valence-corrected chi connectivity index (χ3v) is 4.57. The average Bonchev–Trinajstić information content (AvgIpc) is 2.74. The highest BCUT2D eigenvalue weighted by molar-refractivity contribution is 5.90. The van der Waals surface area contributed by atoms with E-state index in [2.05, 4.69) is 24.5 Å². The van der Waals surface area contributed by atoms with Gasteiger partial charge in [-0.3, -0.25) is 4.79 Å². The van der Waals surface area contributed by atoms with Gasteiger partial charge in [-0.1, -0.05) is 44.2 Å². The minimum Gasteiger partial charge on any atom is -0.493 e. The summed E-state index contributed by atoms with van der Waals surface area (Å²) in [7, 11) is 1.58. The number of amides is 2. The summed E-state index contributed by atoms with van der Waals surface area (Å²) in [6.45, 7) is 6.30. The Balaban J connectivity index is 2.03. The normalized spacial score (nSPS) is 11.5. The lowest BCUT2D eigenvalue weighted by atomic mass is 10.1. The molecule has 168 valence electrons. The van der Waals surface area contributed by atoms with Gasteiger partial charge in [0.25, 0.3) is 0 Å². The third-order valence-electron chi connectivity index (χ3n) is 4.57. The van der Waals surface area contributed by atoms with E-state index in [0.29, 0.717) is 29.7 Å². The zero-order chi connectivity index (χ0) is 22.6. The van der Waals surface area contributed by atoms with Gasteiger partial charge in [-0.25, -0.2) is 4.79 Å². The first kappa shape index (κ1) is 24.1. The van der Waals surface area contributed by atoms with Crippen LogP contribution in [0.15, 0.2) is 48.5 Å². The van der Waals surface area contributed by atoms with Gasteiger partial charge in [0.2, 0.25) is 0 Å². The molecular weight excluding hydrogens is 396 g/mol. The standard InChI is InChI=1S/C24H32N2O5/c1-17(2)9-8-14-30-23-15-20(12-13-22(23)29-4)25-24(28)26-21(16-31-18(3)27)19-10-6-5-7-11-19/h5-7,10-13,15,17,21H,8-9,14,16H2,1-4H3,(H2,25,26,28)/t21-/m0/s1.